The van der Waals surface area contributed by atoms with Gasteiger partial charge in [0, 0.05) is 26.8 Å². The smallest absolute Gasteiger partial charge is 0.327 e. The molecule has 124 valence electrons. The van der Waals surface area contributed by atoms with Crippen LogP contribution in [0.15, 0.2) is 0 Å². The van der Waals surface area contributed by atoms with Gasteiger partial charge in [-0.3, -0.25) is 0 Å². The van der Waals surface area contributed by atoms with Crippen LogP contribution in [0.5, 0.6) is 0 Å². The van der Waals surface area contributed by atoms with E-state index in [0.29, 0.717) is 19.1 Å². The van der Waals surface area contributed by atoms with E-state index in [0.717, 1.165) is 45.4 Å². The molecule has 1 aliphatic carbocycles. The van der Waals surface area contributed by atoms with Gasteiger partial charge in [0.1, 0.15) is 5.54 Å². The highest BCUT2D eigenvalue weighted by molar-refractivity contribution is 5.82. The molecule has 1 unspecified atom stereocenters. The molecule has 0 aromatic rings. The van der Waals surface area contributed by atoms with Crippen LogP contribution in [0.1, 0.15) is 39.5 Å². The first kappa shape index (κ1) is 18.4. The molecule has 0 heterocycles. The minimum Gasteiger partial charge on any atom is -0.465 e. The van der Waals surface area contributed by atoms with Gasteiger partial charge in [0.05, 0.1) is 6.61 Å². The molecule has 1 fully saturated rings. The van der Waals surface area contributed by atoms with Gasteiger partial charge in [-0.2, -0.15) is 0 Å². The van der Waals surface area contributed by atoms with Crippen molar-refractivity contribution in [2.45, 2.75) is 45.1 Å². The summed E-state index contributed by atoms with van der Waals surface area (Å²) in [6.07, 6.45) is 4.22. The molecule has 0 saturated heterocycles. The molecule has 0 bridgehead atoms. The van der Waals surface area contributed by atoms with Gasteiger partial charge in [-0.1, -0.05) is 6.92 Å². The lowest BCUT2D eigenvalue weighted by atomic mass is 9.92. The van der Waals surface area contributed by atoms with Crippen molar-refractivity contribution in [3.8, 4) is 0 Å². The monoisotopic (exact) mass is 300 g/mol. The van der Waals surface area contributed by atoms with Gasteiger partial charge >= 0.3 is 5.97 Å². The highest BCUT2D eigenvalue weighted by Gasteiger charge is 2.52. The standard InChI is InChI=1S/C16H32N2O3/c1-5-10-17-16(14-8-9-14,15(19)21-6-2)13-18(3)11-7-12-20-4/h14,17H,5-13H2,1-4H3. The van der Waals surface area contributed by atoms with E-state index in [4.69, 9.17) is 9.47 Å². The summed E-state index contributed by atoms with van der Waals surface area (Å²) in [6, 6.07) is 0. The van der Waals surface area contributed by atoms with Crippen molar-refractivity contribution in [1.29, 1.82) is 0 Å². The molecule has 1 rings (SSSR count). The van der Waals surface area contributed by atoms with Crippen LogP contribution in [0.4, 0.5) is 0 Å². The molecule has 0 aliphatic heterocycles. The minimum absolute atomic E-state index is 0.0838. The zero-order valence-corrected chi connectivity index (χ0v) is 14.1. The largest absolute Gasteiger partial charge is 0.465 e. The fraction of sp³-hybridized carbons (Fsp3) is 0.938. The summed E-state index contributed by atoms with van der Waals surface area (Å²) >= 11 is 0. The van der Waals surface area contributed by atoms with Gasteiger partial charge in [0.25, 0.3) is 0 Å². The van der Waals surface area contributed by atoms with Crippen LogP contribution in [-0.2, 0) is 14.3 Å². The number of hydrogen-bond donors (Lipinski definition) is 1. The van der Waals surface area contributed by atoms with Crippen molar-refractivity contribution in [2.75, 3.05) is 47.0 Å². The number of nitrogens with zero attached hydrogens (tertiary/aromatic N) is 1. The Kier molecular flexibility index (Phi) is 8.22. The Morgan fingerprint density at radius 1 is 1.38 bits per heavy atom. The highest BCUT2D eigenvalue weighted by atomic mass is 16.5. The van der Waals surface area contributed by atoms with Gasteiger partial charge in [-0.25, -0.2) is 4.79 Å². The summed E-state index contributed by atoms with van der Waals surface area (Å²) in [5.41, 5.74) is -0.534. The third kappa shape index (κ3) is 5.57. The molecule has 0 amide bonds. The second-order valence-corrected chi connectivity index (χ2v) is 5.98. The van der Waals surface area contributed by atoms with E-state index in [1.54, 1.807) is 7.11 Å². The normalized spacial score (nSPS) is 17.8. The highest BCUT2D eigenvalue weighted by Crippen LogP contribution is 2.41. The molecule has 1 N–H and O–H groups in total. The van der Waals surface area contributed by atoms with E-state index in [1.807, 2.05) is 6.92 Å². The van der Waals surface area contributed by atoms with Gasteiger partial charge in [-0.15, -0.1) is 0 Å². The predicted molar refractivity (Wildman–Crippen MR) is 84.4 cm³/mol. The number of carbonyl (C=O) groups excluding carboxylic acids is 1. The fourth-order valence-electron chi connectivity index (χ4n) is 2.80. The number of carbonyl (C=O) groups is 1. The van der Waals surface area contributed by atoms with Gasteiger partial charge in [-0.05, 0) is 52.1 Å². The maximum absolute atomic E-state index is 12.6. The molecule has 1 saturated carbocycles. The van der Waals surface area contributed by atoms with Crippen LogP contribution in [0.3, 0.4) is 0 Å². The summed E-state index contributed by atoms with van der Waals surface area (Å²) in [7, 11) is 3.79. The minimum atomic E-state index is -0.534. The fourth-order valence-corrected chi connectivity index (χ4v) is 2.80. The molecular formula is C16H32N2O3. The number of rotatable bonds is 12. The quantitative estimate of drug-likeness (QED) is 0.439. The zero-order chi connectivity index (χ0) is 15.7. The molecule has 0 spiro atoms. The maximum atomic E-state index is 12.6. The Bertz CT molecular complexity index is 308. The SMILES string of the molecule is CCCNC(CN(C)CCCOC)(C(=O)OCC)C1CC1. The number of esters is 1. The summed E-state index contributed by atoms with van der Waals surface area (Å²) in [5.74, 6) is 0.326. The molecule has 21 heavy (non-hydrogen) atoms. The average Bonchev–Trinajstić information content (AvgIpc) is 3.29. The predicted octanol–water partition coefficient (Wildman–Crippen LogP) is 1.67. The van der Waals surface area contributed by atoms with Crippen LogP contribution < -0.4 is 5.32 Å². The lowest BCUT2D eigenvalue weighted by molar-refractivity contribution is -0.153. The second kappa shape index (κ2) is 9.38. The van der Waals surface area contributed by atoms with E-state index in [9.17, 15) is 4.79 Å². The molecule has 0 aromatic carbocycles. The van der Waals surface area contributed by atoms with Crippen LogP contribution in [0, 0.1) is 5.92 Å². The molecule has 1 atom stereocenters. The van der Waals surface area contributed by atoms with E-state index in [-0.39, 0.29) is 5.97 Å². The third-order valence-corrected chi connectivity index (χ3v) is 4.01. The topological polar surface area (TPSA) is 50.8 Å². The lowest BCUT2D eigenvalue weighted by Crippen LogP contribution is -2.61. The molecule has 5 heteroatoms. The molecule has 0 aromatic heterocycles. The molecule has 0 radical (unpaired) electrons. The Balaban J connectivity index is 2.71. The molecule has 1 aliphatic rings. The first-order valence-electron chi connectivity index (χ1n) is 8.20. The van der Waals surface area contributed by atoms with E-state index >= 15 is 0 Å². The maximum Gasteiger partial charge on any atom is 0.327 e. The Morgan fingerprint density at radius 3 is 2.62 bits per heavy atom. The summed E-state index contributed by atoms with van der Waals surface area (Å²) in [5, 5.41) is 3.50. The summed E-state index contributed by atoms with van der Waals surface area (Å²) < 4.78 is 10.5. The van der Waals surface area contributed by atoms with Crippen LogP contribution in [-0.4, -0.2) is 63.4 Å². The Morgan fingerprint density at radius 2 is 2.10 bits per heavy atom. The van der Waals surface area contributed by atoms with E-state index in [1.165, 1.54) is 0 Å². The molecule has 5 nitrogen and oxygen atoms in total. The number of methoxy groups -OCH3 is 1. The lowest BCUT2D eigenvalue weighted by Gasteiger charge is -2.36. The Hall–Kier alpha value is -0.650. The van der Waals surface area contributed by atoms with Crippen LogP contribution in [0.25, 0.3) is 0 Å². The van der Waals surface area contributed by atoms with Crippen molar-refractivity contribution >= 4 is 5.97 Å². The number of hydrogen-bond acceptors (Lipinski definition) is 5. The van der Waals surface area contributed by atoms with Crippen LogP contribution >= 0.6 is 0 Å². The van der Waals surface area contributed by atoms with Crippen molar-refractivity contribution in [1.82, 2.24) is 10.2 Å². The van der Waals surface area contributed by atoms with Crippen molar-refractivity contribution in [3.63, 3.8) is 0 Å². The van der Waals surface area contributed by atoms with E-state index < -0.39 is 5.54 Å². The zero-order valence-electron chi connectivity index (χ0n) is 14.1. The van der Waals surface area contributed by atoms with Crippen molar-refractivity contribution in [2.24, 2.45) is 5.92 Å². The summed E-state index contributed by atoms with van der Waals surface area (Å²) in [6.45, 7) is 7.67. The van der Waals surface area contributed by atoms with Crippen LogP contribution in [0.2, 0.25) is 0 Å². The van der Waals surface area contributed by atoms with E-state index in [2.05, 4.69) is 24.2 Å². The van der Waals surface area contributed by atoms with Gasteiger partial charge < -0.3 is 19.7 Å². The first-order chi connectivity index (χ1) is 10.1. The average molecular weight is 300 g/mol. The van der Waals surface area contributed by atoms with Crippen molar-refractivity contribution in [3.05, 3.63) is 0 Å². The molecular weight excluding hydrogens is 268 g/mol. The van der Waals surface area contributed by atoms with Gasteiger partial charge in [0.15, 0.2) is 0 Å². The summed E-state index contributed by atoms with van der Waals surface area (Å²) in [4.78, 5) is 14.8. The third-order valence-electron chi connectivity index (χ3n) is 4.01. The van der Waals surface area contributed by atoms with Gasteiger partial charge in [0.2, 0.25) is 0 Å². The van der Waals surface area contributed by atoms with Crippen molar-refractivity contribution < 1.29 is 14.3 Å². The number of nitrogens with one attached hydrogen (secondary N) is 1. The number of ether oxygens (including phenoxy) is 2. The second-order valence-electron chi connectivity index (χ2n) is 5.98. The first-order valence-corrected chi connectivity index (χ1v) is 8.20. The number of likely N-dealkylation sites (N-methyl/N-ethyl adjacent to an activating group) is 1. The Labute approximate surface area is 129 Å².